The van der Waals surface area contributed by atoms with Crippen molar-refractivity contribution >= 4 is 28.9 Å². The van der Waals surface area contributed by atoms with Crippen molar-refractivity contribution in [3.8, 4) is 0 Å². The number of hydrogen-bond donors (Lipinski definition) is 2. The maximum atomic E-state index is 10.8. The molecular weight excluding hydrogens is 300 g/mol. The molecule has 0 amide bonds. The highest BCUT2D eigenvalue weighted by atomic mass is 35.5. The van der Waals surface area contributed by atoms with E-state index in [4.69, 9.17) is 21.4 Å². The minimum Gasteiger partial charge on any atom is -0.479 e. The lowest BCUT2D eigenvalue weighted by Crippen LogP contribution is -2.24. The van der Waals surface area contributed by atoms with Gasteiger partial charge in [0, 0.05) is 18.3 Å². The van der Waals surface area contributed by atoms with Gasteiger partial charge in [0.1, 0.15) is 5.02 Å². The molecule has 0 saturated carbocycles. The monoisotopic (exact) mass is 314 g/mol. The summed E-state index contributed by atoms with van der Waals surface area (Å²) in [6.45, 7) is 2.17. The molecule has 0 aliphatic carbocycles. The van der Waals surface area contributed by atoms with Gasteiger partial charge in [-0.25, -0.2) is 4.79 Å². The summed E-state index contributed by atoms with van der Waals surface area (Å²) in [5.41, 5.74) is 1.23. The highest BCUT2D eigenvalue weighted by molar-refractivity contribution is 6.33. The molecular formula is C13H15ClN2O5. The van der Waals surface area contributed by atoms with Gasteiger partial charge in [0.05, 0.1) is 11.0 Å². The molecule has 1 aromatic carbocycles. The first-order chi connectivity index (χ1) is 9.88. The first-order valence-electron chi connectivity index (χ1n) is 6.45. The van der Waals surface area contributed by atoms with Gasteiger partial charge in [-0.1, -0.05) is 11.6 Å². The summed E-state index contributed by atoms with van der Waals surface area (Å²) in [5, 5.41) is 22.8. The number of hydrogen-bond acceptors (Lipinski definition) is 5. The summed E-state index contributed by atoms with van der Waals surface area (Å²) in [5.74, 6) is -0.952. The van der Waals surface area contributed by atoms with E-state index in [0.29, 0.717) is 30.6 Å². The summed E-state index contributed by atoms with van der Waals surface area (Å²) >= 11 is 5.87. The molecule has 0 spiro atoms. The minimum atomic E-state index is -0.952. The maximum absolute atomic E-state index is 10.8. The van der Waals surface area contributed by atoms with Crippen LogP contribution in [0.4, 0.5) is 11.4 Å². The lowest BCUT2D eigenvalue weighted by molar-refractivity contribution is -0.384. The molecule has 2 atom stereocenters. The van der Waals surface area contributed by atoms with Gasteiger partial charge in [-0.2, -0.15) is 0 Å². The van der Waals surface area contributed by atoms with Gasteiger partial charge in [0.2, 0.25) is 0 Å². The van der Waals surface area contributed by atoms with Crippen molar-refractivity contribution in [2.75, 3.05) is 11.9 Å². The molecule has 7 nitrogen and oxygen atoms in total. The second-order valence-corrected chi connectivity index (χ2v) is 5.33. The Hall–Kier alpha value is -1.86. The predicted octanol–water partition coefficient (Wildman–Crippen LogP) is 2.60. The van der Waals surface area contributed by atoms with E-state index in [1.165, 1.54) is 12.1 Å². The highest BCUT2D eigenvalue weighted by Crippen LogP contribution is 2.31. The fourth-order valence-corrected chi connectivity index (χ4v) is 2.49. The molecule has 2 N–H and O–H groups in total. The van der Waals surface area contributed by atoms with Crippen molar-refractivity contribution in [1.82, 2.24) is 0 Å². The van der Waals surface area contributed by atoms with Crippen LogP contribution in [0, 0.1) is 17.0 Å². The van der Waals surface area contributed by atoms with Gasteiger partial charge >= 0.3 is 5.97 Å². The van der Waals surface area contributed by atoms with Crippen LogP contribution in [0.2, 0.25) is 5.02 Å². The van der Waals surface area contributed by atoms with Crippen LogP contribution in [0.25, 0.3) is 0 Å². The Morgan fingerprint density at radius 2 is 2.29 bits per heavy atom. The summed E-state index contributed by atoms with van der Waals surface area (Å²) in [4.78, 5) is 21.0. The largest absolute Gasteiger partial charge is 0.479 e. The Morgan fingerprint density at radius 1 is 1.57 bits per heavy atom. The topological polar surface area (TPSA) is 102 Å². The van der Waals surface area contributed by atoms with Crippen LogP contribution in [0.15, 0.2) is 12.1 Å². The molecule has 2 rings (SSSR count). The number of nitro groups is 1. The number of aryl methyl sites for hydroxylation is 1. The maximum Gasteiger partial charge on any atom is 0.332 e. The Kier molecular flexibility index (Phi) is 4.64. The number of rotatable bonds is 5. The number of halogens is 1. The number of carboxylic acids is 1. The van der Waals surface area contributed by atoms with Crippen LogP contribution < -0.4 is 5.32 Å². The quantitative estimate of drug-likeness (QED) is 0.640. The number of nitrogens with one attached hydrogen (secondary N) is 1. The molecule has 1 aliphatic heterocycles. The van der Waals surface area contributed by atoms with Crippen LogP contribution >= 0.6 is 11.6 Å². The lowest BCUT2D eigenvalue weighted by Gasteiger charge is -2.15. The molecule has 2 unspecified atom stereocenters. The standard InChI is InChI=1S/C13H15ClN2O5/c1-7-4-11(16(19)20)9(14)5-10(7)15-6-8-2-3-12(21-8)13(17)18/h4-5,8,12,15H,2-3,6H2,1H3,(H,17,18). The number of benzene rings is 1. The van der Waals surface area contributed by atoms with E-state index >= 15 is 0 Å². The summed E-state index contributed by atoms with van der Waals surface area (Å²) in [6.07, 6.45) is 0.198. The van der Waals surface area contributed by atoms with Gasteiger partial charge in [0.25, 0.3) is 5.69 Å². The fourth-order valence-electron chi connectivity index (χ4n) is 2.26. The number of nitro benzene ring substituents is 1. The zero-order chi connectivity index (χ0) is 15.6. The van der Waals surface area contributed by atoms with E-state index < -0.39 is 17.0 Å². The molecule has 1 saturated heterocycles. The zero-order valence-corrected chi connectivity index (χ0v) is 12.1. The molecule has 21 heavy (non-hydrogen) atoms. The van der Waals surface area contributed by atoms with Crippen LogP contribution in [-0.4, -0.2) is 34.8 Å². The molecule has 0 radical (unpaired) electrons. The molecule has 8 heteroatoms. The number of anilines is 1. The Labute approximate surface area is 126 Å². The molecule has 0 aromatic heterocycles. The van der Waals surface area contributed by atoms with E-state index in [1.54, 1.807) is 6.92 Å². The molecule has 1 heterocycles. The minimum absolute atomic E-state index is 0.0591. The third kappa shape index (κ3) is 3.62. The van der Waals surface area contributed by atoms with Gasteiger partial charge < -0.3 is 15.2 Å². The number of aliphatic carboxylic acids is 1. The van der Waals surface area contributed by atoms with Crippen molar-refractivity contribution in [2.24, 2.45) is 0 Å². The first-order valence-corrected chi connectivity index (χ1v) is 6.83. The SMILES string of the molecule is Cc1cc([N+](=O)[O-])c(Cl)cc1NCC1CCC(C(=O)O)O1. The van der Waals surface area contributed by atoms with Crippen LogP contribution in [0.3, 0.4) is 0 Å². The van der Waals surface area contributed by atoms with Crippen molar-refractivity contribution in [2.45, 2.75) is 32.0 Å². The van der Waals surface area contributed by atoms with E-state index in [9.17, 15) is 14.9 Å². The molecule has 0 bridgehead atoms. The summed E-state index contributed by atoms with van der Waals surface area (Å²) in [7, 11) is 0. The van der Waals surface area contributed by atoms with Gasteiger partial charge in [0.15, 0.2) is 6.10 Å². The highest BCUT2D eigenvalue weighted by Gasteiger charge is 2.30. The average molecular weight is 315 g/mol. The van der Waals surface area contributed by atoms with Gasteiger partial charge in [-0.3, -0.25) is 10.1 Å². The first kappa shape index (κ1) is 15.5. The van der Waals surface area contributed by atoms with Crippen molar-refractivity contribution in [3.05, 3.63) is 32.8 Å². The van der Waals surface area contributed by atoms with Crippen molar-refractivity contribution < 1.29 is 19.6 Å². The molecule has 1 aliphatic rings. The van der Waals surface area contributed by atoms with E-state index in [1.807, 2.05) is 0 Å². The Bertz CT molecular complexity index is 578. The lowest BCUT2D eigenvalue weighted by atomic mass is 10.1. The predicted molar refractivity (Wildman–Crippen MR) is 76.9 cm³/mol. The van der Waals surface area contributed by atoms with E-state index in [0.717, 1.165) is 0 Å². The normalized spacial score (nSPS) is 21.2. The summed E-state index contributed by atoms with van der Waals surface area (Å²) in [6, 6.07) is 2.90. The van der Waals surface area contributed by atoms with Crippen molar-refractivity contribution in [3.63, 3.8) is 0 Å². The number of ether oxygens (including phenoxy) is 1. The Morgan fingerprint density at radius 3 is 2.86 bits per heavy atom. The third-order valence-corrected chi connectivity index (χ3v) is 3.70. The average Bonchev–Trinajstić information content (AvgIpc) is 2.88. The second kappa shape index (κ2) is 6.28. The van der Waals surface area contributed by atoms with Gasteiger partial charge in [-0.05, 0) is 31.4 Å². The molecule has 1 fully saturated rings. The summed E-state index contributed by atoms with van der Waals surface area (Å²) < 4.78 is 5.37. The van der Waals surface area contributed by atoms with Crippen LogP contribution in [0.5, 0.6) is 0 Å². The fraction of sp³-hybridized carbons (Fsp3) is 0.462. The van der Waals surface area contributed by atoms with E-state index in [2.05, 4.69) is 5.32 Å². The number of nitrogens with zero attached hydrogens (tertiary/aromatic N) is 1. The number of carbonyl (C=O) groups is 1. The smallest absolute Gasteiger partial charge is 0.332 e. The number of carboxylic acid groups (broad SMARTS) is 1. The van der Waals surface area contributed by atoms with E-state index in [-0.39, 0.29) is 16.8 Å². The molecule has 1 aromatic rings. The Balaban J connectivity index is 2.00. The third-order valence-electron chi connectivity index (χ3n) is 3.39. The van der Waals surface area contributed by atoms with Crippen LogP contribution in [0.1, 0.15) is 18.4 Å². The second-order valence-electron chi connectivity index (χ2n) is 4.92. The zero-order valence-electron chi connectivity index (χ0n) is 11.3. The van der Waals surface area contributed by atoms with Crippen molar-refractivity contribution in [1.29, 1.82) is 0 Å². The van der Waals surface area contributed by atoms with Gasteiger partial charge in [-0.15, -0.1) is 0 Å². The molecule has 114 valence electrons. The van der Waals surface area contributed by atoms with Crippen LogP contribution in [-0.2, 0) is 9.53 Å².